The fourth-order valence-electron chi connectivity index (χ4n) is 4.33. The first kappa shape index (κ1) is 23.6. The standard InChI is InChI=1S/C26H25N5O4S/c1-2-30(20-11-7-4-8-12-20)36(34,35)21-13-15-23(27-17-21)31-26(33)25-22(28-31)14-16-24(32)29(25)18-19-9-5-3-6-10-19/h3-13,15,17,33H,2,14,16,18H2,1H3. The molecule has 0 radical (unpaired) electrons. The van der Waals surface area contributed by atoms with Crippen molar-refractivity contribution < 1.29 is 18.3 Å². The summed E-state index contributed by atoms with van der Waals surface area (Å²) in [5.41, 5.74) is 2.43. The lowest BCUT2D eigenvalue weighted by atomic mass is 10.1. The van der Waals surface area contributed by atoms with Gasteiger partial charge in [-0.25, -0.2) is 13.4 Å². The summed E-state index contributed by atoms with van der Waals surface area (Å²) in [6, 6.07) is 21.3. The molecule has 1 N–H and O–H groups in total. The van der Waals surface area contributed by atoms with E-state index in [0.717, 1.165) is 5.56 Å². The summed E-state index contributed by atoms with van der Waals surface area (Å²) in [7, 11) is -3.84. The second-order valence-electron chi connectivity index (χ2n) is 8.35. The third-order valence-electron chi connectivity index (χ3n) is 6.09. The molecule has 1 amide bonds. The highest BCUT2D eigenvalue weighted by Gasteiger charge is 2.32. The van der Waals surface area contributed by atoms with Crippen LogP contribution in [0.5, 0.6) is 5.88 Å². The normalized spacial score (nSPS) is 13.5. The summed E-state index contributed by atoms with van der Waals surface area (Å²) < 4.78 is 29.1. The predicted molar refractivity (Wildman–Crippen MR) is 136 cm³/mol. The minimum Gasteiger partial charge on any atom is -0.492 e. The lowest BCUT2D eigenvalue weighted by Gasteiger charge is -2.26. The molecule has 0 aliphatic carbocycles. The van der Waals surface area contributed by atoms with Crippen LogP contribution in [-0.2, 0) is 27.8 Å². The highest BCUT2D eigenvalue weighted by molar-refractivity contribution is 7.92. The van der Waals surface area contributed by atoms with Crippen LogP contribution in [0.15, 0.2) is 83.9 Å². The Bertz CT molecular complexity index is 1490. The van der Waals surface area contributed by atoms with Gasteiger partial charge in [-0.05, 0) is 36.8 Å². The fourth-order valence-corrected chi connectivity index (χ4v) is 5.75. The molecular formula is C26H25N5O4S. The van der Waals surface area contributed by atoms with E-state index in [2.05, 4.69) is 10.1 Å². The monoisotopic (exact) mass is 503 g/mol. The van der Waals surface area contributed by atoms with Gasteiger partial charge in [0.15, 0.2) is 5.82 Å². The fraction of sp³-hybridized carbons (Fsp3) is 0.192. The molecule has 9 nitrogen and oxygen atoms in total. The van der Waals surface area contributed by atoms with Crippen molar-refractivity contribution in [1.82, 2.24) is 14.8 Å². The molecule has 0 saturated carbocycles. The molecule has 0 saturated heterocycles. The van der Waals surface area contributed by atoms with Crippen molar-refractivity contribution in [2.75, 3.05) is 15.7 Å². The summed E-state index contributed by atoms with van der Waals surface area (Å²) in [6.45, 7) is 2.33. The number of anilines is 2. The van der Waals surface area contributed by atoms with Gasteiger partial charge in [0.05, 0.1) is 17.9 Å². The Morgan fingerprint density at radius 3 is 2.31 bits per heavy atom. The minimum atomic E-state index is -3.84. The number of para-hydroxylation sites is 1. The summed E-state index contributed by atoms with van der Waals surface area (Å²) in [6.07, 6.45) is 1.94. The largest absolute Gasteiger partial charge is 0.492 e. The van der Waals surface area contributed by atoms with Crippen LogP contribution in [0.2, 0.25) is 0 Å². The number of carbonyl (C=O) groups excluding carboxylic acids is 1. The van der Waals surface area contributed by atoms with E-state index in [9.17, 15) is 18.3 Å². The van der Waals surface area contributed by atoms with E-state index < -0.39 is 10.0 Å². The maximum absolute atomic E-state index is 13.3. The van der Waals surface area contributed by atoms with E-state index in [0.29, 0.717) is 30.0 Å². The number of aromatic hydroxyl groups is 1. The molecule has 2 aromatic carbocycles. The number of aryl methyl sites for hydroxylation is 1. The number of aromatic nitrogens is 3. The molecule has 1 aliphatic rings. The van der Waals surface area contributed by atoms with Crippen LogP contribution in [0.3, 0.4) is 0 Å². The average molecular weight is 504 g/mol. The number of hydrogen-bond acceptors (Lipinski definition) is 6. The number of sulfonamides is 1. The molecule has 0 atom stereocenters. The van der Waals surface area contributed by atoms with Gasteiger partial charge in [-0.2, -0.15) is 9.78 Å². The van der Waals surface area contributed by atoms with Gasteiger partial charge in [0.25, 0.3) is 10.0 Å². The number of fused-ring (bicyclic) bond motifs is 1. The molecular weight excluding hydrogens is 478 g/mol. The van der Waals surface area contributed by atoms with Gasteiger partial charge < -0.3 is 10.0 Å². The SMILES string of the molecule is CCN(c1ccccc1)S(=O)(=O)c1ccc(-n2nc3c(c2O)N(Cc2ccccc2)C(=O)CC3)nc1. The van der Waals surface area contributed by atoms with E-state index in [-0.39, 0.29) is 35.5 Å². The molecule has 0 fully saturated rings. The first-order chi connectivity index (χ1) is 17.4. The van der Waals surface area contributed by atoms with Gasteiger partial charge in [-0.1, -0.05) is 48.5 Å². The van der Waals surface area contributed by atoms with E-state index in [1.165, 1.54) is 32.2 Å². The first-order valence-electron chi connectivity index (χ1n) is 11.6. The first-order valence-corrected chi connectivity index (χ1v) is 13.0. The van der Waals surface area contributed by atoms with Gasteiger partial charge in [0, 0.05) is 25.6 Å². The van der Waals surface area contributed by atoms with Crippen molar-refractivity contribution in [3.63, 3.8) is 0 Å². The van der Waals surface area contributed by atoms with Gasteiger partial charge in [-0.15, -0.1) is 0 Å². The van der Waals surface area contributed by atoms with Crippen LogP contribution < -0.4 is 9.21 Å². The van der Waals surface area contributed by atoms with Crippen molar-refractivity contribution in [2.24, 2.45) is 0 Å². The summed E-state index contributed by atoms with van der Waals surface area (Å²) in [5.74, 6) is -0.0662. The number of pyridine rings is 1. The summed E-state index contributed by atoms with van der Waals surface area (Å²) in [5, 5.41) is 15.5. The molecule has 5 rings (SSSR count). The third kappa shape index (κ3) is 4.20. The molecule has 184 valence electrons. The van der Waals surface area contributed by atoms with Gasteiger partial charge in [0.1, 0.15) is 10.6 Å². The van der Waals surface area contributed by atoms with E-state index >= 15 is 0 Å². The van der Waals surface area contributed by atoms with E-state index in [4.69, 9.17) is 0 Å². The minimum absolute atomic E-state index is 0.0224. The van der Waals surface area contributed by atoms with Crippen LogP contribution in [-0.4, -0.2) is 40.7 Å². The lowest BCUT2D eigenvalue weighted by molar-refractivity contribution is -0.119. The number of hydrogen-bond donors (Lipinski definition) is 1. The molecule has 0 bridgehead atoms. The van der Waals surface area contributed by atoms with Crippen molar-refractivity contribution >= 4 is 27.3 Å². The maximum Gasteiger partial charge on any atom is 0.265 e. The zero-order valence-corrected chi connectivity index (χ0v) is 20.5. The Kier molecular flexibility index (Phi) is 6.19. The van der Waals surface area contributed by atoms with Crippen molar-refractivity contribution in [3.8, 4) is 11.7 Å². The number of nitrogens with zero attached hydrogens (tertiary/aromatic N) is 5. The van der Waals surface area contributed by atoms with Gasteiger partial charge in [0.2, 0.25) is 11.8 Å². The summed E-state index contributed by atoms with van der Waals surface area (Å²) in [4.78, 5) is 18.6. The quantitative estimate of drug-likeness (QED) is 0.412. The van der Waals surface area contributed by atoms with Crippen LogP contribution in [0.4, 0.5) is 11.4 Å². The second-order valence-corrected chi connectivity index (χ2v) is 10.2. The lowest BCUT2D eigenvalue weighted by Crippen LogP contribution is -2.34. The van der Waals surface area contributed by atoms with E-state index in [1.54, 1.807) is 31.2 Å². The number of benzene rings is 2. The Labute approximate surface area is 209 Å². The van der Waals surface area contributed by atoms with Crippen molar-refractivity contribution in [1.29, 1.82) is 0 Å². The maximum atomic E-state index is 13.3. The summed E-state index contributed by atoms with van der Waals surface area (Å²) >= 11 is 0. The second kappa shape index (κ2) is 9.46. The smallest absolute Gasteiger partial charge is 0.265 e. The third-order valence-corrected chi connectivity index (χ3v) is 7.98. The topological polar surface area (TPSA) is 109 Å². The number of amides is 1. The van der Waals surface area contributed by atoms with Gasteiger partial charge in [-0.3, -0.25) is 9.10 Å². The molecule has 0 spiro atoms. The molecule has 0 unspecified atom stereocenters. The Hall–Kier alpha value is -4.18. The molecule has 4 aromatic rings. The molecule has 36 heavy (non-hydrogen) atoms. The Morgan fingerprint density at radius 1 is 0.972 bits per heavy atom. The van der Waals surface area contributed by atoms with Crippen LogP contribution in [0.1, 0.15) is 24.6 Å². The van der Waals surface area contributed by atoms with Crippen molar-refractivity contribution in [2.45, 2.75) is 31.2 Å². The Morgan fingerprint density at radius 2 is 1.67 bits per heavy atom. The van der Waals surface area contributed by atoms with Crippen molar-refractivity contribution in [3.05, 3.63) is 90.3 Å². The Balaban J connectivity index is 1.47. The highest BCUT2D eigenvalue weighted by atomic mass is 32.2. The average Bonchev–Trinajstić information content (AvgIpc) is 3.24. The van der Waals surface area contributed by atoms with Gasteiger partial charge >= 0.3 is 0 Å². The molecule has 3 heterocycles. The zero-order chi connectivity index (χ0) is 25.3. The number of rotatable bonds is 7. The van der Waals surface area contributed by atoms with Crippen LogP contribution >= 0.6 is 0 Å². The number of carbonyl (C=O) groups is 1. The van der Waals surface area contributed by atoms with Crippen LogP contribution in [0, 0.1) is 0 Å². The molecule has 1 aliphatic heterocycles. The zero-order valence-electron chi connectivity index (χ0n) is 19.7. The van der Waals surface area contributed by atoms with Crippen LogP contribution in [0.25, 0.3) is 5.82 Å². The van der Waals surface area contributed by atoms with E-state index in [1.807, 2.05) is 36.4 Å². The molecule has 2 aromatic heterocycles. The predicted octanol–water partition coefficient (Wildman–Crippen LogP) is 3.67. The molecule has 10 heteroatoms. The highest BCUT2D eigenvalue weighted by Crippen LogP contribution is 2.38.